The summed E-state index contributed by atoms with van der Waals surface area (Å²) in [5.74, 6) is 1.63. The van der Waals surface area contributed by atoms with Crippen molar-refractivity contribution < 1.29 is 9.21 Å². The van der Waals surface area contributed by atoms with Crippen LogP contribution in [0.2, 0.25) is 0 Å². The number of Topliss-reactive ketones (excluding diaryl/α,β-unsaturated/α-hetero) is 1. The Morgan fingerprint density at radius 3 is 2.88 bits per heavy atom. The number of carbonyl (C=O) groups is 1. The summed E-state index contributed by atoms with van der Waals surface area (Å²) < 4.78 is 5.30. The zero-order valence-electron chi connectivity index (χ0n) is 14.0. The van der Waals surface area contributed by atoms with E-state index in [-0.39, 0.29) is 11.7 Å². The minimum atomic E-state index is 0.118. The fourth-order valence-corrected chi connectivity index (χ4v) is 3.37. The van der Waals surface area contributed by atoms with Crippen molar-refractivity contribution >= 4 is 11.7 Å². The highest BCUT2D eigenvalue weighted by atomic mass is 16.3. The number of aryl methyl sites for hydroxylation is 1. The Morgan fingerprint density at radius 1 is 1.20 bits per heavy atom. The van der Waals surface area contributed by atoms with Crippen molar-refractivity contribution in [3.63, 3.8) is 0 Å². The van der Waals surface area contributed by atoms with Crippen LogP contribution < -0.4 is 5.32 Å². The lowest BCUT2D eigenvalue weighted by molar-refractivity contribution is 0.0962. The molecule has 0 amide bonds. The van der Waals surface area contributed by atoms with Gasteiger partial charge in [0.1, 0.15) is 5.76 Å². The fraction of sp³-hybridized carbons (Fsp3) is 0.250. The van der Waals surface area contributed by atoms with Gasteiger partial charge in [-0.05, 0) is 42.5 Å². The summed E-state index contributed by atoms with van der Waals surface area (Å²) in [6, 6.07) is 12.0. The molecule has 0 aliphatic heterocycles. The second kappa shape index (κ2) is 6.51. The van der Waals surface area contributed by atoms with Gasteiger partial charge in [-0.1, -0.05) is 24.3 Å². The van der Waals surface area contributed by atoms with Gasteiger partial charge in [0, 0.05) is 12.6 Å². The van der Waals surface area contributed by atoms with Gasteiger partial charge in [-0.3, -0.25) is 4.79 Å². The van der Waals surface area contributed by atoms with Crippen molar-refractivity contribution in [3.8, 4) is 0 Å². The van der Waals surface area contributed by atoms with Gasteiger partial charge < -0.3 is 9.73 Å². The van der Waals surface area contributed by atoms with Gasteiger partial charge >= 0.3 is 0 Å². The minimum Gasteiger partial charge on any atom is -0.467 e. The summed E-state index contributed by atoms with van der Waals surface area (Å²) >= 11 is 0. The monoisotopic (exact) mass is 333 g/mol. The van der Waals surface area contributed by atoms with Crippen LogP contribution in [0.4, 0.5) is 5.95 Å². The molecule has 1 aliphatic carbocycles. The van der Waals surface area contributed by atoms with Gasteiger partial charge in [-0.15, -0.1) is 0 Å². The largest absolute Gasteiger partial charge is 0.467 e. The summed E-state index contributed by atoms with van der Waals surface area (Å²) in [7, 11) is 0. The molecule has 126 valence electrons. The van der Waals surface area contributed by atoms with Crippen molar-refractivity contribution in [3.05, 3.63) is 77.0 Å². The molecule has 2 aromatic heterocycles. The van der Waals surface area contributed by atoms with E-state index in [9.17, 15) is 4.79 Å². The zero-order valence-corrected chi connectivity index (χ0v) is 14.0. The van der Waals surface area contributed by atoms with E-state index in [0.717, 1.165) is 17.9 Å². The molecule has 1 N–H and O–H groups in total. The first kappa shape index (κ1) is 15.6. The maximum Gasteiger partial charge on any atom is 0.223 e. The molecule has 0 saturated heterocycles. The molecule has 0 saturated carbocycles. The molecule has 4 rings (SSSR count). The maximum atomic E-state index is 12.5. The Balaban J connectivity index is 1.57. The molecular weight excluding hydrogens is 314 g/mol. The topological polar surface area (TPSA) is 68.0 Å². The van der Waals surface area contributed by atoms with Crippen LogP contribution in [0.5, 0.6) is 0 Å². The smallest absolute Gasteiger partial charge is 0.223 e. The van der Waals surface area contributed by atoms with Gasteiger partial charge in [-0.2, -0.15) is 0 Å². The number of ketones is 1. The number of aromatic nitrogens is 2. The van der Waals surface area contributed by atoms with E-state index in [4.69, 9.17) is 4.42 Å². The number of rotatable bonds is 4. The molecule has 25 heavy (non-hydrogen) atoms. The van der Waals surface area contributed by atoms with Crippen LogP contribution in [0.1, 0.15) is 45.3 Å². The zero-order chi connectivity index (χ0) is 17.2. The van der Waals surface area contributed by atoms with Crippen molar-refractivity contribution in [1.29, 1.82) is 0 Å². The number of benzene rings is 1. The molecule has 2 heterocycles. The summed E-state index contributed by atoms with van der Waals surface area (Å²) in [6.07, 6.45) is 4.55. The predicted molar refractivity (Wildman–Crippen MR) is 94.6 cm³/mol. The molecule has 1 aliphatic rings. The molecule has 1 aromatic carbocycles. The van der Waals surface area contributed by atoms with Crippen LogP contribution in [0.25, 0.3) is 0 Å². The average molecular weight is 333 g/mol. The van der Waals surface area contributed by atoms with Gasteiger partial charge in [0.15, 0.2) is 5.78 Å². The number of anilines is 1. The van der Waals surface area contributed by atoms with Crippen molar-refractivity contribution in [2.75, 3.05) is 5.32 Å². The van der Waals surface area contributed by atoms with E-state index in [0.29, 0.717) is 24.5 Å². The first-order valence-electron chi connectivity index (χ1n) is 8.41. The Morgan fingerprint density at radius 2 is 2.08 bits per heavy atom. The summed E-state index contributed by atoms with van der Waals surface area (Å²) in [6.45, 7) is 2.60. The molecule has 0 fully saturated rings. The third-order valence-corrected chi connectivity index (χ3v) is 4.67. The van der Waals surface area contributed by atoms with Gasteiger partial charge in [0.05, 0.1) is 24.1 Å². The standard InChI is InChI=1S/C20H19N3O2/c1-13-5-2-3-7-16(13)14-9-18-17(19(24)10-14)12-22-20(23-18)21-11-15-6-4-8-25-15/h2-8,12,14H,9-11H2,1H3,(H,21,22,23)/t14-/m0/s1. The van der Waals surface area contributed by atoms with Crippen molar-refractivity contribution in [2.45, 2.75) is 32.2 Å². The summed E-state index contributed by atoms with van der Waals surface area (Å²) in [5, 5.41) is 3.15. The molecule has 3 aromatic rings. The normalized spacial score (nSPS) is 16.5. The third-order valence-electron chi connectivity index (χ3n) is 4.67. The Labute approximate surface area is 146 Å². The highest BCUT2D eigenvalue weighted by molar-refractivity contribution is 5.98. The molecule has 0 spiro atoms. The molecular formula is C20H19N3O2. The SMILES string of the molecule is Cc1ccccc1[C@@H]1CC(=O)c2cnc(NCc3ccco3)nc2C1. The van der Waals surface area contributed by atoms with E-state index in [1.807, 2.05) is 24.3 Å². The van der Waals surface area contributed by atoms with Crippen LogP contribution in [-0.4, -0.2) is 15.8 Å². The molecule has 0 radical (unpaired) electrons. The van der Waals surface area contributed by atoms with Crippen molar-refractivity contribution in [1.82, 2.24) is 9.97 Å². The first-order chi connectivity index (χ1) is 12.2. The van der Waals surface area contributed by atoms with Crippen molar-refractivity contribution in [2.24, 2.45) is 0 Å². The fourth-order valence-electron chi connectivity index (χ4n) is 3.37. The van der Waals surface area contributed by atoms with Gasteiger partial charge in [0.2, 0.25) is 5.95 Å². The molecule has 0 bridgehead atoms. The van der Waals surface area contributed by atoms with Crippen LogP contribution in [0, 0.1) is 6.92 Å². The Bertz CT molecular complexity index is 903. The lowest BCUT2D eigenvalue weighted by Crippen LogP contribution is -2.21. The molecule has 1 atom stereocenters. The first-order valence-corrected chi connectivity index (χ1v) is 8.41. The lowest BCUT2D eigenvalue weighted by atomic mass is 9.81. The lowest BCUT2D eigenvalue weighted by Gasteiger charge is -2.24. The van der Waals surface area contributed by atoms with E-state index in [1.165, 1.54) is 11.1 Å². The number of furan rings is 1. The second-order valence-corrected chi connectivity index (χ2v) is 6.37. The van der Waals surface area contributed by atoms with Crippen LogP contribution >= 0.6 is 0 Å². The number of nitrogens with zero attached hydrogens (tertiary/aromatic N) is 2. The highest BCUT2D eigenvalue weighted by Gasteiger charge is 2.28. The number of hydrogen-bond acceptors (Lipinski definition) is 5. The summed E-state index contributed by atoms with van der Waals surface area (Å²) in [5.41, 5.74) is 3.91. The van der Waals surface area contributed by atoms with E-state index >= 15 is 0 Å². The Hall–Kier alpha value is -2.95. The Kier molecular flexibility index (Phi) is 4.06. The number of nitrogens with one attached hydrogen (secondary N) is 1. The quantitative estimate of drug-likeness (QED) is 0.784. The highest BCUT2D eigenvalue weighted by Crippen LogP contribution is 2.33. The van der Waals surface area contributed by atoms with Crippen LogP contribution in [-0.2, 0) is 13.0 Å². The second-order valence-electron chi connectivity index (χ2n) is 6.37. The van der Waals surface area contributed by atoms with E-state index < -0.39 is 0 Å². The minimum absolute atomic E-state index is 0.118. The predicted octanol–water partition coefficient (Wildman–Crippen LogP) is 3.90. The van der Waals surface area contributed by atoms with Gasteiger partial charge in [0.25, 0.3) is 0 Å². The number of hydrogen-bond donors (Lipinski definition) is 1. The van der Waals surface area contributed by atoms with Crippen LogP contribution in [0.3, 0.4) is 0 Å². The van der Waals surface area contributed by atoms with Gasteiger partial charge in [-0.25, -0.2) is 9.97 Å². The number of fused-ring (bicyclic) bond motifs is 1. The molecule has 5 heteroatoms. The number of carbonyl (C=O) groups excluding carboxylic acids is 1. The van der Waals surface area contributed by atoms with Crippen LogP contribution in [0.15, 0.2) is 53.3 Å². The third kappa shape index (κ3) is 3.18. The molecule has 5 nitrogen and oxygen atoms in total. The maximum absolute atomic E-state index is 12.5. The summed E-state index contributed by atoms with van der Waals surface area (Å²) in [4.78, 5) is 21.4. The van der Waals surface area contributed by atoms with E-state index in [1.54, 1.807) is 12.5 Å². The van der Waals surface area contributed by atoms with E-state index in [2.05, 4.69) is 34.3 Å². The molecule has 0 unspecified atom stereocenters. The average Bonchev–Trinajstić information content (AvgIpc) is 3.13.